The number of fused-ring (bicyclic) bond motifs is 1. The van der Waals surface area contributed by atoms with Crippen LogP contribution in [0.5, 0.6) is 0 Å². The Kier molecular flexibility index (Phi) is 2.32. The van der Waals surface area contributed by atoms with Crippen molar-refractivity contribution in [1.29, 1.82) is 0 Å². The molecule has 2 aliphatic heterocycles. The van der Waals surface area contributed by atoms with Crippen molar-refractivity contribution in [1.82, 2.24) is 10.6 Å². The first-order valence-corrected chi connectivity index (χ1v) is 4.37. The minimum absolute atomic E-state index is 0.354. The Hall–Kier alpha value is -1.62. The summed E-state index contributed by atoms with van der Waals surface area (Å²) in [7, 11) is 0. The Labute approximate surface area is 81.5 Å². The van der Waals surface area contributed by atoms with Crippen molar-refractivity contribution < 1.29 is 9.53 Å². The van der Waals surface area contributed by atoms with Gasteiger partial charge in [-0.15, -0.1) is 0 Å². The maximum absolute atomic E-state index is 10.7. The van der Waals surface area contributed by atoms with Gasteiger partial charge in [-0.25, -0.2) is 0 Å². The van der Waals surface area contributed by atoms with E-state index in [0.717, 1.165) is 24.4 Å². The lowest BCUT2D eigenvalue weighted by Gasteiger charge is -2.03. The Bertz CT molecular complexity index is 355. The number of esters is 1. The van der Waals surface area contributed by atoms with Crippen molar-refractivity contribution in [3.05, 3.63) is 23.9 Å². The van der Waals surface area contributed by atoms with Crippen molar-refractivity contribution >= 4 is 11.7 Å². The van der Waals surface area contributed by atoms with Crippen molar-refractivity contribution in [2.75, 3.05) is 13.1 Å². The highest BCUT2D eigenvalue weighted by molar-refractivity contribution is 6.04. The summed E-state index contributed by atoms with van der Waals surface area (Å²) < 4.78 is 4.88. The summed E-state index contributed by atoms with van der Waals surface area (Å²) in [6, 6.07) is 0. The van der Waals surface area contributed by atoms with Crippen LogP contribution < -0.4 is 10.6 Å². The molecular weight excluding hydrogens is 182 g/mol. The van der Waals surface area contributed by atoms with E-state index in [9.17, 15) is 4.79 Å². The Morgan fingerprint density at radius 1 is 1.57 bits per heavy atom. The third-order valence-corrected chi connectivity index (χ3v) is 1.96. The van der Waals surface area contributed by atoms with Gasteiger partial charge in [-0.05, 0) is 0 Å². The molecule has 2 heterocycles. The van der Waals surface area contributed by atoms with Crippen LogP contribution in [0.1, 0.15) is 6.92 Å². The fourth-order valence-corrected chi connectivity index (χ4v) is 1.34. The van der Waals surface area contributed by atoms with Gasteiger partial charge in [0.05, 0.1) is 11.9 Å². The van der Waals surface area contributed by atoms with Gasteiger partial charge in [0, 0.05) is 31.8 Å². The summed E-state index contributed by atoms with van der Waals surface area (Å²) in [4.78, 5) is 14.9. The summed E-state index contributed by atoms with van der Waals surface area (Å²) >= 11 is 0. The summed E-state index contributed by atoms with van der Waals surface area (Å²) in [5.41, 5.74) is 2.09. The van der Waals surface area contributed by atoms with E-state index in [-0.39, 0.29) is 5.97 Å². The van der Waals surface area contributed by atoms with E-state index < -0.39 is 0 Å². The molecule has 0 aromatic carbocycles. The first kappa shape index (κ1) is 8.96. The number of rotatable bonds is 1. The molecule has 0 saturated carbocycles. The quantitative estimate of drug-likeness (QED) is 0.570. The fraction of sp³-hybridized carbons (Fsp3) is 0.333. The second kappa shape index (κ2) is 3.63. The number of carbonyl (C=O) groups is 1. The minimum atomic E-state index is -0.354. The molecule has 2 rings (SSSR count). The van der Waals surface area contributed by atoms with Gasteiger partial charge in [0.1, 0.15) is 0 Å². The predicted octanol–water partition coefficient (Wildman–Crippen LogP) is -0.120. The number of carbonyl (C=O) groups excluding carboxylic acids is 1. The Morgan fingerprint density at radius 2 is 2.43 bits per heavy atom. The Balaban J connectivity index is 2.15. The number of nitrogens with zero attached hydrogens (tertiary/aromatic N) is 1. The summed E-state index contributed by atoms with van der Waals surface area (Å²) in [6.45, 7) is 2.92. The molecule has 0 aromatic rings. The van der Waals surface area contributed by atoms with E-state index in [4.69, 9.17) is 4.74 Å². The van der Waals surface area contributed by atoms with Gasteiger partial charge in [0.2, 0.25) is 5.88 Å². The van der Waals surface area contributed by atoms with Crippen LogP contribution in [0.3, 0.4) is 0 Å². The van der Waals surface area contributed by atoms with E-state index in [1.165, 1.54) is 13.1 Å². The number of hydrogen-bond acceptors (Lipinski definition) is 5. The van der Waals surface area contributed by atoms with Crippen molar-refractivity contribution in [3.8, 4) is 0 Å². The third-order valence-electron chi connectivity index (χ3n) is 1.96. The van der Waals surface area contributed by atoms with Crippen molar-refractivity contribution in [2.45, 2.75) is 6.92 Å². The SMILES string of the molecule is CC(=O)OC1=CN=C2CNCC2=CN1. The van der Waals surface area contributed by atoms with Gasteiger partial charge in [-0.3, -0.25) is 9.79 Å². The number of aliphatic imine (C=N–C) groups is 1. The molecule has 0 unspecified atom stereocenters. The maximum atomic E-state index is 10.7. The smallest absolute Gasteiger partial charge is 0.309 e. The monoisotopic (exact) mass is 193 g/mol. The molecule has 0 bridgehead atoms. The first-order valence-electron chi connectivity index (χ1n) is 4.37. The van der Waals surface area contributed by atoms with Crippen LogP contribution in [0, 0.1) is 0 Å². The molecule has 1 saturated heterocycles. The van der Waals surface area contributed by atoms with Crippen LogP contribution in [-0.2, 0) is 9.53 Å². The second-order valence-corrected chi connectivity index (χ2v) is 3.08. The van der Waals surface area contributed by atoms with E-state index >= 15 is 0 Å². The van der Waals surface area contributed by atoms with Gasteiger partial charge in [0.15, 0.2) is 0 Å². The maximum Gasteiger partial charge on any atom is 0.309 e. The lowest BCUT2D eigenvalue weighted by Crippen LogP contribution is -2.12. The summed E-state index contributed by atoms with van der Waals surface area (Å²) in [6.07, 6.45) is 3.33. The van der Waals surface area contributed by atoms with Gasteiger partial charge in [0.25, 0.3) is 0 Å². The number of ether oxygens (including phenoxy) is 1. The molecule has 0 radical (unpaired) electrons. The highest BCUT2D eigenvalue weighted by atomic mass is 16.5. The molecule has 14 heavy (non-hydrogen) atoms. The summed E-state index contributed by atoms with van der Waals surface area (Å²) in [5.74, 6) is 0.0134. The number of hydrogen-bond donors (Lipinski definition) is 2. The lowest BCUT2D eigenvalue weighted by molar-refractivity contribution is -0.137. The van der Waals surface area contributed by atoms with Crippen LogP contribution in [-0.4, -0.2) is 24.8 Å². The van der Waals surface area contributed by atoms with Crippen LogP contribution in [0.25, 0.3) is 0 Å². The van der Waals surface area contributed by atoms with E-state index in [0.29, 0.717) is 5.88 Å². The highest BCUT2D eigenvalue weighted by Gasteiger charge is 2.16. The molecule has 0 aliphatic carbocycles. The van der Waals surface area contributed by atoms with Crippen molar-refractivity contribution in [2.24, 2.45) is 4.99 Å². The van der Waals surface area contributed by atoms with Crippen molar-refractivity contribution in [3.63, 3.8) is 0 Å². The highest BCUT2D eigenvalue weighted by Crippen LogP contribution is 2.08. The summed E-state index contributed by atoms with van der Waals surface area (Å²) in [5, 5.41) is 6.06. The standard InChI is InChI=1S/C9H11N3O2/c1-6(13)14-9-5-11-8-4-10-2-7(8)3-12-9/h3,5,10,12H,2,4H2,1H3. The van der Waals surface area contributed by atoms with Gasteiger partial charge in [-0.2, -0.15) is 0 Å². The van der Waals surface area contributed by atoms with E-state index in [2.05, 4.69) is 15.6 Å². The minimum Gasteiger partial charge on any atom is -0.408 e. The van der Waals surface area contributed by atoms with Crippen LogP contribution in [0.2, 0.25) is 0 Å². The zero-order valence-corrected chi connectivity index (χ0v) is 7.83. The Morgan fingerprint density at radius 3 is 3.21 bits per heavy atom. The van der Waals surface area contributed by atoms with E-state index in [1.54, 1.807) is 6.20 Å². The zero-order chi connectivity index (χ0) is 9.97. The average molecular weight is 193 g/mol. The predicted molar refractivity (Wildman–Crippen MR) is 51.4 cm³/mol. The van der Waals surface area contributed by atoms with E-state index in [1.807, 2.05) is 0 Å². The zero-order valence-electron chi connectivity index (χ0n) is 7.83. The molecule has 5 heteroatoms. The molecule has 5 nitrogen and oxygen atoms in total. The van der Waals surface area contributed by atoms with Crippen LogP contribution in [0.15, 0.2) is 28.8 Å². The number of nitrogens with one attached hydrogen (secondary N) is 2. The van der Waals surface area contributed by atoms with Gasteiger partial charge in [-0.1, -0.05) is 0 Å². The fourth-order valence-electron chi connectivity index (χ4n) is 1.34. The molecule has 1 fully saturated rings. The molecule has 0 amide bonds. The molecule has 0 atom stereocenters. The third kappa shape index (κ3) is 1.82. The molecule has 2 N–H and O–H groups in total. The second-order valence-electron chi connectivity index (χ2n) is 3.08. The van der Waals surface area contributed by atoms with Gasteiger partial charge >= 0.3 is 5.97 Å². The molecule has 74 valence electrons. The molecule has 0 aromatic heterocycles. The lowest BCUT2D eigenvalue weighted by atomic mass is 10.2. The van der Waals surface area contributed by atoms with Crippen LogP contribution >= 0.6 is 0 Å². The first-order chi connectivity index (χ1) is 6.75. The van der Waals surface area contributed by atoms with Gasteiger partial charge < -0.3 is 15.4 Å². The normalized spacial score (nSPS) is 19.6. The molecular formula is C9H11N3O2. The topological polar surface area (TPSA) is 62.7 Å². The van der Waals surface area contributed by atoms with Crippen LogP contribution in [0.4, 0.5) is 0 Å². The average Bonchev–Trinajstić information content (AvgIpc) is 2.50. The largest absolute Gasteiger partial charge is 0.408 e. The molecule has 0 spiro atoms. The molecule has 2 aliphatic rings.